The number of rotatable bonds is 4. The van der Waals surface area contributed by atoms with Gasteiger partial charge in [-0.15, -0.1) is 0 Å². The van der Waals surface area contributed by atoms with E-state index in [0.29, 0.717) is 11.8 Å². The molecular weight excluding hydrogens is 262 g/mol. The van der Waals surface area contributed by atoms with E-state index in [1.165, 1.54) is 12.0 Å². The maximum Gasteiger partial charge on any atom is 0.0731 e. The number of hydrogen-bond acceptors (Lipinski definition) is 3. The second-order valence-corrected chi connectivity index (χ2v) is 6.51. The van der Waals surface area contributed by atoms with Gasteiger partial charge in [-0.2, -0.15) is 0 Å². The molecular formula is C18H27NO2. The maximum absolute atomic E-state index is 6.29. The van der Waals surface area contributed by atoms with Gasteiger partial charge in [-0.3, -0.25) is 0 Å². The van der Waals surface area contributed by atoms with Gasteiger partial charge >= 0.3 is 0 Å². The van der Waals surface area contributed by atoms with Gasteiger partial charge in [0.25, 0.3) is 0 Å². The highest BCUT2D eigenvalue weighted by Gasteiger charge is 2.30. The van der Waals surface area contributed by atoms with Crippen LogP contribution >= 0.6 is 0 Å². The summed E-state index contributed by atoms with van der Waals surface area (Å²) in [4.78, 5) is 0. The smallest absolute Gasteiger partial charge is 0.0731 e. The molecule has 2 fully saturated rings. The van der Waals surface area contributed by atoms with Crippen LogP contribution in [0.3, 0.4) is 0 Å². The molecule has 1 aliphatic carbocycles. The molecule has 3 nitrogen and oxygen atoms in total. The van der Waals surface area contributed by atoms with Gasteiger partial charge in [0.1, 0.15) is 0 Å². The zero-order valence-corrected chi connectivity index (χ0v) is 12.7. The van der Waals surface area contributed by atoms with Gasteiger partial charge in [0, 0.05) is 19.3 Å². The van der Waals surface area contributed by atoms with Crippen molar-refractivity contribution in [3.8, 4) is 0 Å². The zero-order chi connectivity index (χ0) is 14.5. The minimum absolute atomic E-state index is 0.199. The predicted molar refractivity (Wildman–Crippen MR) is 84.3 cm³/mol. The highest BCUT2D eigenvalue weighted by molar-refractivity contribution is 5.20. The molecule has 1 aromatic carbocycles. The molecule has 0 amide bonds. The Morgan fingerprint density at radius 3 is 2.57 bits per heavy atom. The van der Waals surface area contributed by atoms with E-state index < -0.39 is 0 Å². The van der Waals surface area contributed by atoms with Gasteiger partial charge in [0.15, 0.2) is 0 Å². The first-order valence-electron chi connectivity index (χ1n) is 8.33. The van der Waals surface area contributed by atoms with Crippen LogP contribution in [0.1, 0.15) is 43.6 Å². The van der Waals surface area contributed by atoms with Crippen molar-refractivity contribution in [1.29, 1.82) is 0 Å². The summed E-state index contributed by atoms with van der Waals surface area (Å²) in [6, 6.07) is 11.0. The Hall–Kier alpha value is -0.900. The summed E-state index contributed by atoms with van der Waals surface area (Å²) in [7, 11) is 0. The Kier molecular flexibility index (Phi) is 5.28. The summed E-state index contributed by atoms with van der Waals surface area (Å²) in [5.41, 5.74) is 7.72. The van der Waals surface area contributed by atoms with Gasteiger partial charge in [-0.25, -0.2) is 0 Å². The van der Waals surface area contributed by atoms with Crippen molar-refractivity contribution >= 4 is 0 Å². The van der Waals surface area contributed by atoms with Gasteiger partial charge in [-0.1, -0.05) is 30.3 Å². The van der Waals surface area contributed by atoms with E-state index in [4.69, 9.17) is 15.2 Å². The summed E-state index contributed by atoms with van der Waals surface area (Å²) in [5, 5.41) is 0. The van der Waals surface area contributed by atoms with E-state index in [-0.39, 0.29) is 12.1 Å². The van der Waals surface area contributed by atoms with Crippen molar-refractivity contribution < 1.29 is 9.47 Å². The molecule has 116 valence electrons. The first-order chi connectivity index (χ1) is 10.3. The minimum Gasteiger partial charge on any atom is -0.381 e. The fourth-order valence-electron chi connectivity index (χ4n) is 3.54. The van der Waals surface area contributed by atoms with Gasteiger partial charge < -0.3 is 15.2 Å². The molecule has 3 unspecified atom stereocenters. The molecule has 3 rings (SSSR count). The van der Waals surface area contributed by atoms with Gasteiger partial charge in [-0.05, 0) is 49.5 Å². The largest absolute Gasteiger partial charge is 0.381 e. The Labute approximate surface area is 127 Å². The van der Waals surface area contributed by atoms with Crippen molar-refractivity contribution in [2.24, 2.45) is 11.7 Å². The first kappa shape index (κ1) is 15.0. The third-order valence-electron chi connectivity index (χ3n) is 5.00. The second-order valence-electron chi connectivity index (χ2n) is 6.51. The van der Waals surface area contributed by atoms with Crippen molar-refractivity contribution in [3.63, 3.8) is 0 Å². The van der Waals surface area contributed by atoms with E-state index >= 15 is 0 Å². The fourth-order valence-corrected chi connectivity index (χ4v) is 3.54. The standard InChI is InChI=1S/C18H27NO2/c19-17-7-6-16(15-4-2-1-3-5-15)12-18(17)21-13-14-8-10-20-11-9-14/h1-5,14,16-18H,6-13,19H2. The van der Waals surface area contributed by atoms with Gasteiger partial charge in [0.05, 0.1) is 12.7 Å². The van der Waals surface area contributed by atoms with E-state index in [0.717, 1.165) is 45.5 Å². The first-order valence-corrected chi connectivity index (χ1v) is 8.33. The lowest BCUT2D eigenvalue weighted by atomic mass is 9.80. The lowest BCUT2D eigenvalue weighted by Gasteiger charge is -2.35. The molecule has 3 heteroatoms. The molecule has 1 aromatic rings. The highest BCUT2D eigenvalue weighted by atomic mass is 16.5. The number of hydrogen-bond donors (Lipinski definition) is 1. The van der Waals surface area contributed by atoms with Gasteiger partial charge in [0.2, 0.25) is 0 Å². The third-order valence-corrected chi connectivity index (χ3v) is 5.00. The van der Waals surface area contributed by atoms with Crippen LogP contribution in [0, 0.1) is 5.92 Å². The Bertz CT molecular complexity index is 416. The molecule has 0 radical (unpaired) electrons. The summed E-state index contributed by atoms with van der Waals surface area (Å²) < 4.78 is 11.6. The summed E-state index contributed by atoms with van der Waals surface area (Å²) in [6.07, 6.45) is 5.79. The molecule has 2 aliphatic rings. The molecule has 0 bridgehead atoms. The van der Waals surface area contributed by atoms with E-state index in [2.05, 4.69) is 30.3 Å². The SMILES string of the molecule is NC1CCC(c2ccccc2)CC1OCC1CCOCC1. The van der Waals surface area contributed by atoms with Crippen LogP contribution in [-0.2, 0) is 9.47 Å². The normalized spacial score (nSPS) is 31.2. The highest BCUT2D eigenvalue weighted by Crippen LogP contribution is 2.34. The fraction of sp³-hybridized carbons (Fsp3) is 0.667. The monoisotopic (exact) mass is 289 g/mol. The van der Waals surface area contributed by atoms with Crippen molar-refractivity contribution in [3.05, 3.63) is 35.9 Å². The van der Waals surface area contributed by atoms with Crippen LogP contribution in [0.15, 0.2) is 30.3 Å². The number of benzene rings is 1. The lowest BCUT2D eigenvalue weighted by Crippen LogP contribution is -2.42. The molecule has 1 saturated carbocycles. The summed E-state index contributed by atoms with van der Waals surface area (Å²) in [5.74, 6) is 1.26. The minimum atomic E-state index is 0.199. The molecule has 1 aliphatic heterocycles. The number of ether oxygens (including phenoxy) is 2. The molecule has 1 heterocycles. The average molecular weight is 289 g/mol. The van der Waals surface area contributed by atoms with Crippen LogP contribution in [0.2, 0.25) is 0 Å². The second kappa shape index (κ2) is 7.39. The lowest BCUT2D eigenvalue weighted by molar-refractivity contribution is -0.0334. The average Bonchev–Trinajstić information content (AvgIpc) is 2.56. The molecule has 1 saturated heterocycles. The molecule has 0 aromatic heterocycles. The Balaban J connectivity index is 1.53. The summed E-state index contributed by atoms with van der Waals surface area (Å²) in [6.45, 7) is 2.62. The molecule has 2 N–H and O–H groups in total. The number of nitrogens with two attached hydrogens (primary N) is 1. The van der Waals surface area contributed by atoms with Crippen molar-refractivity contribution in [2.45, 2.75) is 50.2 Å². The van der Waals surface area contributed by atoms with Crippen molar-refractivity contribution in [1.82, 2.24) is 0 Å². The van der Waals surface area contributed by atoms with E-state index in [1.807, 2.05) is 0 Å². The topological polar surface area (TPSA) is 44.5 Å². The quantitative estimate of drug-likeness (QED) is 0.926. The zero-order valence-electron chi connectivity index (χ0n) is 12.7. The Morgan fingerprint density at radius 2 is 1.81 bits per heavy atom. The van der Waals surface area contributed by atoms with Crippen LogP contribution < -0.4 is 5.73 Å². The Morgan fingerprint density at radius 1 is 1.05 bits per heavy atom. The van der Waals surface area contributed by atoms with Crippen molar-refractivity contribution in [2.75, 3.05) is 19.8 Å². The molecule has 3 atom stereocenters. The third kappa shape index (κ3) is 4.06. The van der Waals surface area contributed by atoms with Crippen LogP contribution in [0.4, 0.5) is 0 Å². The summed E-state index contributed by atoms with van der Waals surface area (Å²) >= 11 is 0. The maximum atomic E-state index is 6.29. The predicted octanol–water partition coefficient (Wildman–Crippen LogP) is 3.09. The van der Waals surface area contributed by atoms with Crippen LogP contribution in [0.25, 0.3) is 0 Å². The molecule has 21 heavy (non-hydrogen) atoms. The van der Waals surface area contributed by atoms with Crippen LogP contribution in [-0.4, -0.2) is 32.0 Å². The molecule has 0 spiro atoms. The van der Waals surface area contributed by atoms with E-state index in [1.54, 1.807) is 0 Å². The van der Waals surface area contributed by atoms with Crippen LogP contribution in [0.5, 0.6) is 0 Å². The van der Waals surface area contributed by atoms with E-state index in [9.17, 15) is 0 Å².